The van der Waals surface area contributed by atoms with Gasteiger partial charge in [-0.25, -0.2) is 9.36 Å². The minimum absolute atomic E-state index is 0.0905. The van der Waals surface area contributed by atoms with Crippen molar-refractivity contribution in [2.75, 3.05) is 39.3 Å². The van der Waals surface area contributed by atoms with E-state index in [2.05, 4.69) is 4.90 Å². The largest absolute Gasteiger partial charge is 0.492 e. The van der Waals surface area contributed by atoms with Crippen LogP contribution >= 0.6 is 11.6 Å². The molecule has 2 aromatic carbocycles. The van der Waals surface area contributed by atoms with Crippen molar-refractivity contribution in [2.45, 2.75) is 12.8 Å². The van der Waals surface area contributed by atoms with Gasteiger partial charge >= 0.3 is 5.76 Å². The van der Waals surface area contributed by atoms with Crippen LogP contribution in [0.25, 0.3) is 11.1 Å². The van der Waals surface area contributed by atoms with Gasteiger partial charge in [-0.1, -0.05) is 23.7 Å². The summed E-state index contributed by atoms with van der Waals surface area (Å²) in [4.78, 5) is 41.8. The van der Waals surface area contributed by atoms with Gasteiger partial charge in [0.2, 0.25) is 11.8 Å². The highest BCUT2D eigenvalue weighted by atomic mass is 35.5. The molecule has 0 radical (unpaired) electrons. The highest BCUT2D eigenvalue weighted by molar-refractivity contribution is 6.30. The molecule has 0 spiro atoms. The van der Waals surface area contributed by atoms with E-state index in [1.54, 1.807) is 30.3 Å². The summed E-state index contributed by atoms with van der Waals surface area (Å²) in [5.74, 6) is -0.283. The molecule has 1 aromatic heterocycles. The monoisotopic (exact) mass is 469 g/mol. The van der Waals surface area contributed by atoms with E-state index in [9.17, 15) is 14.4 Å². The molecule has 1 unspecified atom stereocenters. The van der Waals surface area contributed by atoms with Crippen LogP contribution in [0, 0.1) is 5.92 Å². The van der Waals surface area contributed by atoms with Crippen molar-refractivity contribution in [1.82, 2.24) is 14.4 Å². The number of aromatic nitrogens is 1. The molecule has 1 amide bonds. The first-order valence-corrected chi connectivity index (χ1v) is 11.4. The zero-order valence-corrected chi connectivity index (χ0v) is 18.8. The molecule has 0 aliphatic carbocycles. The molecule has 3 heterocycles. The van der Waals surface area contributed by atoms with Crippen molar-refractivity contribution in [3.8, 4) is 5.75 Å². The van der Waals surface area contributed by atoms with Crippen LogP contribution in [0.2, 0.25) is 5.02 Å². The highest BCUT2D eigenvalue weighted by Gasteiger charge is 2.31. The zero-order valence-electron chi connectivity index (χ0n) is 18.0. The number of rotatable bonds is 4. The SMILES string of the molecule is O=C(C1COc2ccc(Cl)cc2C1)N1CCN(CCC(=O)n2c(=O)oc3ccccc32)CC1. The number of hydrogen-bond donors (Lipinski definition) is 0. The fourth-order valence-corrected chi connectivity index (χ4v) is 4.73. The van der Waals surface area contributed by atoms with E-state index in [-0.39, 0.29) is 24.2 Å². The van der Waals surface area contributed by atoms with Crippen LogP contribution in [-0.4, -0.2) is 65.5 Å². The fraction of sp³-hybridized carbons (Fsp3) is 0.375. The third-order valence-electron chi connectivity index (χ3n) is 6.34. The number of oxazole rings is 1. The Labute approximate surface area is 195 Å². The third-order valence-corrected chi connectivity index (χ3v) is 6.57. The molecule has 0 N–H and O–H groups in total. The molecule has 1 atom stereocenters. The van der Waals surface area contributed by atoms with E-state index in [1.807, 2.05) is 17.0 Å². The van der Waals surface area contributed by atoms with Gasteiger partial charge in [-0.2, -0.15) is 0 Å². The second-order valence-electron chi connectivity index (χ2n) is 8.45. The van der Waals surface area contributed by atoms with Crippen LogP contribution < -0.4 is 10.5 Å². The number of piperazine rings is 1. The van der Waals surface area contributed by atoms with Gasteiger partial charge in [0.05, 0.1) is 11.4 Å². The lowest BCUT2D eigenvalue weighted by molar-refractivity contribution is -0.138. The van der Waals surface area contributed by atoms with Crippen LogP contribution in [0.1, 0.15) is 16.8 Å². The maximum absolute atomic E-state index is 13.0. The van der Waals surface area contributed by atoms with Crippen molar-refractivity contribution in [3.05, 3.63) is 63.6 Å². The number of ether oxygens (including phenoxy) is 1. The zero-order chi connectivity index (χ0) is 22.9. The highest BCUT2D eigenvalue weighted by Crippen LogP contribution is 2.30. The summed E-state index contributed by atoms with van der Waals surface area (Å²) in [5.41, 5.74) is 1.85. The van der Waals surface area contributed by atoms with Crippen molar-refractivity contribution in [3.63, 3.8) is 0 Å². The Morgan fingerprint density at radius 2 is 1.85 bits per heavy atom. The van der Waals surface area contributed by atoms with Gasteiger partial charge in [0.25, 0.3) is 0 Å². The molecule has 2 aliphatic rings. The summed E-state index contributed by atoms with van der Waals surface area (Å²) < 4.78 is 12.0. The number of amides is 1. The first-order valence-electron chi connectivity index (χ1n) is 11.1. The van der Waals surface area contributed by atoms with E-state index in [0.717, 1.165) is 15.9 Å². The van der Waals surface area contributed by atoms with Gasteiger partial charge in [-0.05, 0) is 42.3 Å². The number of hydrogen-bond acceptors (Lipinski definition) is 6. The van der Waals surface area contributed by atoms with E-state index in [1.165, 1.54) is 0 Å². The number of benzene rings is 2. The van der Waals surface area contributed by atoms with Gasteiger partial charge < -0.3 is 14.1 Å². The normalized spacial score (nSPS) is 18.7. The molecule has 0 bridgehead atoms. The Balaban J connectivity index is 1.14. The molecule has 3 aromatic rings. The molecule has 33 heavy (non-hydrogen) atoms. The van der Waals surface area contributed by atoms with E-state index < -0.39 is 5.76 Å². The van der Waals surface area contributed by atoms with Crippen LogP contribution in [-0.2, 0) is 11.2 Å². The van der Waals surface area contributed by atoms with Crippen molar-refractivity contribution in [2.24, 2.45) is 5.92 Å². The summed E-state index contributed by atoms with van der Waals surface area (Å²) in [6.45, 7) is 3.44. The second kappa shape index (κ2) is 9.03. The van der Waals surface area contributed by atoms with Gasteiger partial charge in [0, 0.05) is 44.2 Å². The Kier molecular flexibility index (Phi) is 5.95. The van der Waals surface area contributed by atoms with Crippen molar-refractivity contribution in [1.29, 1.82) is 0 Å². The predicted molar refractivity (Wildman–Crippen MR) is 123 cm³/mol. The quantitative estimate of drug-likeness (QED) is 0.584. The van der Waals surface area contributed by atoms with Gasteiger partial charge in [-0.3, -0.25) is 14.5 Å². The Bertz CT molecular complexity index is 1260. The average Bonchev–Trinajstić information content (AvgIpc) is 3.17. The van der Waals surface area contributed by atoms with Crippen LogP contribution in [0.3, 0.4) is 0 Å². The minimum Gasteiger partial charge on any atom is -0.492 e. The third kappa shape index (κ3) is 4.41. The first kappa shape index (κ1) is 21.7. The first-order chi connectivity index (χ1) is 16.0. The molecule has 8 nitrogen and oxygen atoms in total. The number of carbonyl (C=O) groups excluding carboxylic acids is 2. The summed E-state index contributed by atoms with van der Waals surface area (Å²) in [6, 6.07) is 12.4. The molecule has 5 rings (SSSR count). The summed E-state index contributed by atoms with van der Waals surface area (Å²) in [6.07, 6.45) is 0.822. The van der Waals surface area contributed by atoms with Crippen LogP contribution in [0.15, 0.2) is 51.7 Å². The Morgan fingerprint density at radius 3 is 2.67 bits per heavy atom. The number of nitrogens with zero attached hydrogens (tertiary/aromatic N) is 3. The fourth-order valence-electron chi connectivity index (χ4n) is 4.54. The topological polar surface area (TPSA) is 85.0 Å². The van der Waals surface area contributed by atoms with E-state index in [4.69, 9.17) is 20.8 Å². The lowest BCUT2D eigenvalue weighted by atomic mass is 9.95. The number of para-hydroxylation sites is 2. The maximum Gasteiger partial charge on any atom is 0.426 e. The van der Waals surface area contributed by atoms with Crippen molar-refractivity contribution < 1.29 is 18.7 Å². The summed E-state index contributed by atoms with van der Waals surface area (Å²) in [7, 11) is 0. The molecular weight excluding hydrogens is 446 g/mol. The standard InChI is InChI=1S/C24H24ClN3O5/c25-18-5-6-20-16(14-18)13-17(15-32-20)23(30)27-11-9-26(10-12-27)8-7-22(29)28-19-3-1-2-4-21(19)33-24(28)31/h1-6,14,17H,7-13,15H2. The molecule has 0 saturated carbocycles. The molecule has 172 valence electrons. The van der Waals surface area contributed by atoms with E-state index >= 15 is 0 Å². The lowest BCUT2D eigenvalue weighted by Crippen LogP contribution is -2.52. The lowest BCUT2D eigenvalue weighted by Gasteiger charge is -2.37. The van der Waals surface area contributed by atoms with Gasteiger partial charge in [0.15, 0.2) is 5.58 Å². The molecular formula is C24H24ClN3O5. The Morgan fingerprint density at radius 1 is 1.06 bits per heavy atom. The summed E-state index contributed by atoms with van der Waals surface area (Å²) in [5, 5.41) is 0.638. The van der Waals surface area contributed by atoms with Gasteiger partial charge in [0.1, 0.15) is 12.4 Å². The summed E-state index contributed by atoms with van der Waals surface area (Å²) >= 11 is 6.09. The minimum atomic E-state index is -0.658. The smallest absolute Gasteiger partial charge is 0.426 e. The van der Waals surface area contributed by atoms with Crippen molar-refractivity contribution >= 4 is 34.5 Å². The predicted octanol–water partition coefficient (Wildman–Crippen LogP) is 2.67. The Hall–Kier alpha value is -3.10. The molecule has 1 saturated heterocycles. The van der Waals surface area contributed by atoms with Crippen LogP contribution in [0.5, 0.6) is 5.75 Å². The second-order valence-corrected chi connectivity index (χ2v) is 8.88. The molecule has 9 heteroatoms. The maximum atomic E-state index is 13.0. The number of halogens is 1. The van der Waals surface area contributed by atoms with Gasteiger partial charge in [-0.15, -0.1) is 0 Å². The number of carbonyl (C=O) groups is 2. The molecule has 2 aliphatic heterocycles. The van der Waals surface area contributed by atoms with E-state index in [0.29, 0.717) is 61.9 Å². The average molecular weight is 470 g/mol. The number of fused-ring (bicyclic) bond motifs is 2. The van der Waals surface area contributed by atoms with Crippen LogP contribution in [0.4, 0.5) is 0 Å². The molecule has 1 fully saturated rings.